The van der Waals surface area contributed by atoms with Crippen molar-refractivity contribution in [3.63, 3.8) is 0 Å². The lowest BCUT2D eigenvalue weighted by molar-refractivity contribution is 0.418. The molecule has 0 radical (unpaired) electrons. The van der Waals surface area contributed by atoms with E-state index in [4.69, 9.17) is 0 Å². The fourth-order valence-electron chi connectivity index (χ4n) is 1.72. The Morgan fingerprint density at radius 1 is 1.14 bits per heavy atom. The third-order valence-corrected chi connectivity index (χ3v) is 2.61. The third kappa shape index (κ3) is 8.31. The number of rotatable bonds is 9. The summed E-state index contributed by atoms with van der Waals surface area (Å²) in [5, 5.41) is 3.63. The Morgan fingerprint density at radius 2 is 1.79 bits per heavy atom. The molecule has 1 heteroatoms. The first-order valence-corrected chi connectivity index (χ1v) is 6.07. The van der Waals surface area contributed by atoms with Gasteiger partial charge in [-0.05, 0) is 33.1 Å². The first-order chi connectivity index (χ1) is 6.70. The summed E-state index contributed by atoms with van der Waals surface area (Å²) in [5.41, 5.74) is 0. The van der Waals surface area contributed by atoms with E-state index in [-0.39, 0.29) is 0 Å². The van der Waals surface area contributed by atoms with E-state index in [0.717, 1.165) is 6.42 Å². The molecule has 2 atom stereocenters. The molecule has 0 rings (SSSR count). The maximum absolute atomic E-state index is 3.74. The van der Waals surface area contributed by atoms with E-state index < -0.39 is 0 Å². The molecule has 0 aliphatic rings. The molecule has 0 bridgehead atoms. The van der Waals surface area contributed by atoms with Crippen molar-refractivity contribution in [3.05, 3.63) is 12.7 Å². The van der Waals surface area contributed by atoms with Gasteiger partial charge in [-0.1, -0.05) is 32.3 Å². The molecule has 0 saturated carbocycles. The normalized spacial score (nSPS) is 15.1. The van der Waals surface area contributed by atoms with Crippen LogP contribution in [-0.4, -0.2) is 12.1 Å². The monoisotopic (exact) mass is 197 g/mol. The molecule has 0 aromatic carbocycles. The molecule has 0 aliphatic carbocycles. The molecule has 0 aromatic rings. The van der Waals surface area contributed by atoms with Crippen molar-refractivity contribution in [2.75, 3.05) is 0 Å². The standard InChI is InChI=1S/C13H27N/c1-5-7-9-11-13(4)14-12(3)10-8-6-2/h6,12-14H,2,5,7-11H2,1,3-4H3. The van der Waals surface area contributed by atoms with Crippen molar-refractivity contribution >= 4 is 0 Å². The van der Waals surface area contributed by atoms with Gasteiger partial charge in [-0.25, -0.2) is 0 Å². The van der Waals surface area contributed by atoms with Gasteiger partial charge in [0.2, 0.25) is 0 Å². The van der Waals surface area contributed by atoms with Crippen LogP contribution in [0.1, 0.15) is 59.3 Å². The van der Waals surface area contributed by atoms with Crippen LogP contribution in [-0.2, 0) is 0 Å². The summed E-state index contributed by atoms with van der Waals surface area (Å²) in [6, 6.07) is 1.30. The number of hydrogen-bond acceptors (Lipinski definition) is 1. The Bertz CT molecular complexity index is 131. The van der Waals surface area contributed by atoms with Gasteiger partial charge in [-0.3, -0.25) is 0 Å². The van der Waals surface area contributed by atoms with Crippen molar-refractivity contribution in [3.8, 4) is 0 Å². The molecule has 0 aliphatic heterocycles. The van der Waals surface area contributed by atoms with Crippen LogP contribution in [0.15, 0.2) is 12.7 Å². The van der Waals surface area contributed by atoms with Crippen LogP contribution in [0.5, 0.6) is 0 Å². The highest BCUT2D eigenvalue weighted by atomic mass is 14.9. The third-order valence-electron chi connectivity index (χ3n) is 2.61. The Hall–Kier alpha value is -0.300. The average molecular weight is 197 g/mol. The molecular weight excluding hydrogens is 170 g/mol. The van der Waals surface area contributed by atoms with Gasteiger partial charge in [-0.15, -0.1) is 6.58 Å². The van der Waals surface area contributed by atoms with Crippen molar-refractivity contribution in [2.24, 2.45) is 0 Å². The Balaban J connectivity index is 3.39. The minimum atomic E-state index is 0.629. The van der Waals surface area contributed by atoms with Crippen LogP contribution in [0, 0.1) is 0 Å². The van der Waals surface area contributed by atoms with Crippen LogP contribution in [0.2, 0.25) is 0 Å². The van der Waals surface area contributed by atoms with Crippen LogP contribution in [0.3, 0.4) is 0 Å². The lowest BCUT2D eigenvalue weighted by Crippen LogP contribution is -2.34. The van der Waals surface area contributed by atoms with Crippen molar-refractivity contribution < 1.29 is 0 Å². The van der Waals surface area contributed by atoms with Gasteiger partial charge >= 0.3 is 0 Å². The summed E-state index contributed by atoms with van der Waals surface area (Å²) >= 11 is 0. The van der Waals surface area contributed by atoms with E-state index >= 15 is 0 Å². The second-order valence-corrected chi connectivity index (χ2v) is 4.33. The maximum Gasteiger partial charge on any atom is 0.00441 e. The van der Waals surface area contributed by atoms with Crippen LogP contribution in [0.4, 0.5) is 0 Å². The van der Waals surface area contributed by atoms with E-state index in [9.17, 15) is 0 Å². The Labute approximate surface area is 90.0 Å². The molecule has 0 amide bonds. The van der Waals surface area contributed by atoms with E-state index in [1.165, 1.54) is 32.1 Å². The Kier molecular flexibility index (Phi) is 9.06. The fourth-order valence-corrected chi connectivity index (χ4v) is 1.72. The number of hydrogen-bond donors (Lipinski definition) is 1. The molecule has 0 saturated heterocycles. The molecular formula is C13H27N. The quantitative estimate of drug-likeness (QED) is 0.436. The summed E-state index contributed by atoms with van der Waals surface area (Å²) in [6.07, 6.45) is 9.69. The van der Waals surface area contributed by atoms with Crippen LogP contribution < -0.4 is 5.32 Å². The lowest BCUT2D eigenvalue weighted by atomic mass is 10.1. The van der Waals surface area contributed by atoms with Gasteiger partial charge in [0, 0.05) is 12.1 Å². The molecule has 0 fully saturated rings. The molecule has 1 nitrogen and oxygen atoms in total. The van der Waals surface area contributed by atoms with Gasteiger partial charge in [0.05, 0.1) is 0 Å². The lowest BCUT2D eigenvalue weighted by Gasteiger charge is -2.19. The number of nitrogens with one attached hydrogen (secondary N) is 1. The van der Waals surface area contributed by atoms with Crippen LogP contribution >= 0.6 is 0 Å². The zero-order chi connectivity index (χ0) is 10.8. The molecule has 0 spiro atoms. The van der Waals surface area contributed by atoms with E-state index in [1.807, 2.05) is 6.08 Å². The maximum atomic E-state index is 3.74. The van der Waals surface area contributed by atoms with Crippen molar-refractivity contribution in [1.29, 1.82) is 0 Å². The number of unbranched alkanes of at least 4 members (excludes halogenated alkanes) is 2. The van der Waals surface area contributed by atoms with E-state index in [1.54, 1.807) is 0 Å². The Morgan fingerprint density at radius 3 is 2.36 bits per heavy atom. The second-order valence-electron chi connectivity index (χ2n) is 4.33. The minimum Gasteiger partial charge on any atom is -0.312 e. The minimum absolute atomic E-state index is 0.629. The molecule has 0 aromatic heterocycles. The molecule has 2 unspecified atom stereocenters. The molecule has 14 heavy (non-hydrogen) atoms. The predicted molar refractivity (Wildman–Crippen MR) is 65.6 cm³/mol. The van der Waals surface area contributed by atoms with Crippen molar-refractivity contribution in [1.82, 2.24) is 5.32 Å². The van der Waals surface area contributed by atoms with Crippen LogP contribution in [0.25, 0.3) is 0 Å². The fraction of sp³-hybridized carbons (Fsp3) is 0.846. The highest BCUT2D eigenvalue weighted by molar-refractivity contribution is 4.73. The smallest absolute Gasteiger partial charge is 0.00441 e. The summed E-state index contributed by atoms with van der Waals surface area (Å²) in [7, 11) is 0. The first-order valence-electron chi connectivity index (χ1n) is 6.07. The largest absolute Gasteiger partial charge is 0.312 e. The first kappa shape index (κ1) is 13.7. The predicted octanol–water partition coefficient (Wildman–Crippen LogP) is 3.90. The second kappa shape index (κ2) is 9.26. The molecule has 84 valence electrons. The topological polar surface area (TPSA) is 12.0 Å². The summed E-state index contributed by atoms with van der Waals surface area (Å²) in [4.78, 5) is 0. The average Bonchev–Trinajstić information content (AvgIpc) is 2.15. The van der Waals surface area contributed by atoms with Gasteiger partial charge in [0.15, 0.2) is 0 Å². The summed E-state index contributed by atoms with van der Waals surface area (Å²) < 4.78 is 0. The van der Waals surface area contributed by atoms with Gasteiger partial charge < -0.3 is 5.32 Å². The summed E-state index contributed by atoms with van der Waals surface area (Å²) in [5.74, 6) is 0. The SMILES string of the molecule is C=CCCC(C)NC(C)CCCCC. The van der Waals surface area contributed by atoms with Gasteiger partial charge in [-0.2, -0.15) is 0 Å². The van der Waals surface area contributed by atoms with Crippen molar-refractivity contribution in [2.45, 2.75) is 71.4 Å². The highest BCUT2D eigenvalue weighted by Gasteiger charge is 2.05. The zero-order valence-corrected chi connectivity index (χ0v) is 10.2. The molecule has 0 heterocycles. The highest BCUT2D eigenvalue weighted by Crippen LogP contribution is 2.05. The van der Waals surface area contributed by atoms with E-state index in [2.05, 4.69) is 32.7 Å². The van der Waals surface area contributed by atoms with Gasteiger partial charge in [0.1, 0.15) is 0 Å². The zero-order valence-electron chi connectivity index (χ0n) is 10.2. The van der Waals surface area contributed by atoms with E-state index in [0.29, 0.717) is 12.1 Å². The summed E-state index contributed by atoms with van der Waals surface area (Å²) in [6.45, 7) is 10.6. The molecule has 1 N–H and O–H groups in total. The van der Waals surface area contributed by atoms with Gasteiger partial charge in [0.25, 0.3) is 0 Å². The number of allylic oxidation sites excluding steroid dienone is 1.